The van der Waals surface area contributed by atoms with E-state index in [0.29, 0.717) is 13.0 Å². The van der Waals surface area contributed by atoms with Crippen LogP contribution in [0, 0.1) is 18.3 Å². The lowest BCUT2D eigenvalue weighted by Gasteiger charge is -2.22. The van der Waals surface area contributed by atoms with Crippen LogP contribution in [0.5, 0.6) is 5.75 Å². The van der Waals surface area contributed by atoms with Crippen LogP contribution in [-0.2, 0) is 5.54 Å². The van der Waals surface area contributed by atoms with Gasteiger partial charge in [-0.25, -0.2) is 0 Å². The topological polar surface area (TPSA) is 59.0 Å². The van der Waals surface area contributed by atoms with Gasteiger partial charge in [0, 0.05) is 6.42 Å². The number of nitriles is 1. The van der Waals surface area contributed by atoms with Gasteiger partial charge in [0.05, 0.1) is 12.7 Å². The maximum Gasteiger partial charge on any atom is 0.133 e. The van der Waals surface area contributed by atoms with Crippen LogP contribution < -0.4 is 10.5 Å². The minimum absolute atomic E-state index is 0.405. The molecule has 3 nitrogen and oxygen atoms in total. The highest BCUT2D eigenvalue weighted by atomic mass is 16.5. The molecule has 2 N–H and O–H groups in total. The van der Waals surface area contributed by atoms with Gasteiger partial charge in [-0.1, -0.05) is 48.0 Å². The lowest BCUT2D eigenvalue weighted by Crippen LogP contribution is -2.36. The average molecular weight is 266 g/mol. The molecule has 1 unspecified atom stereocenters. The van der Waals surface area contributed by atoms with Crippen LogP contribution in [0.25, 0.3) is 0 Å². The summed E-state index contributed by atoms with van der Waals surface area (Å²) in [6.07, 6.45) is 0.446. The monoisotopic (exact) mass is 266 g/mol. The maximum atomic E-state index is 9.34. The zero-order valence-corrected chi connectivity index (χ0v) is 11.5. The van der Waals surface area contributed by atoms with E-state index in [1.165, 1.54) is 5.56 Å². The second kappa shape index (κ2) is 6.23. The number of nitrogens with zero attached hydrogens (tertiary/aromatic N) is 1. The number of ether oxygens (including phenoxy) is 1. The van der Waals surface area contributed by atoms with E-state index < -0.39 is 5.54 Å². The lowest BCUT2D eigenvalue weighted by molar-refractivity contribution is 0.281. The summed E-state index contributed by atoms with van der Waals surface area (Å²) in [6, 6.07) is 19.4. The highest BCUT2D eigenvalue weighted by Gasteiger charge is 2.26. The summed E-state index contributed by atoms with van der Waals surface area (Å²) < 4.78 is 5.65. The molecule has 20 heavy (non-hydrogen) atoms. The van der Waals surface area contributed by atoms with Crippen LogP contribution in [0.15, 0.2) is 54.6 Å². The Morgan fingerprint density at radius 1 is 1.10 bits per heavy atom. The van der Waals surface area contributed by atoms with Crippen LogP contribution in [-0.4, -0.2) is 6.61 Å². The van der Waals surface area contributed by atoms with Gasteiger partial charge in [-0.15, -0.1) is 0 Å². The van der Waals surface area contributed by atoms with Crippen molar-refractivity contribution in [2.45, 2.75) is 18.9 Å². The van der Waals surface area contributed by atoms with Gasteiger partial charge in [0.25, 0.3) is 0 Å². The van der Waals surface area contributed by atoms with Crippen LogP contribution in [0.4, 0.5) is 0 Å². The number of aryl methyl sites for hydroxylation is 1. The SMILES string of the molecule is Cc1ccc(OCCC(N)(C#N)c2ccccc2)cc1. The van der Waals surface area contributed by atoms with E-state index in [1.54, 1.807) is 0 Å². The molecule has 0 aliphatic rings. The Hall–Kier alpha value is -2.31. The van der Waals surface area contributed by atoms with Crippen molar-refractivity contribution in [2.24, 2.45) is 5.73 Å². The Labute approximate surface area is 119 Å². The van der Waals surface area contributed by atoms with E-state index in [1.807, 2.05) is 61.5 Å². The average Bonchev–Trinajstić information content (AvgIpc) is 2.50. The fourth-order valence-electron chi connectivity index (χ4n) is 1.96. The van der Waals surface area contributed by atoms with E-state index in [2.05, 4.69) is 6.07 Å². The Bertz CT molecular complexity index is 587. The molecular weight excluding hydrogens is 248 g/mol. The van der Waals surface area contributed by atoms with Gasteiger partial charge >= 0.3 is 0 Å². The van der Waals surface area contributed by atoms with Crippen molar-refractivity contribution in [1.82, 2.24) is 0 Å². The Morgan fingerprint density at radius 3 is 2.35 bits per heavy atom. The van der Waals surface area contributed by atoms with Crippen molar-refractivity contribution in [3.8, 4) is 11.8 Å². The third-order valence-corrected chi connectivity index (χ3v) is 3.27. The molecule has 0 saturated carbocycles. The van der Waals surface area contributed by atoms with Crippen molar-refractivity contribution in [3.63, 3.8) is 0 Å². The molecular formula is C17H18N2O. The molecule has 102 valence electrons. The summed E-state index contributed by atoms with van der Waals surface area (Å²) in [5, 5.41) is 9.34. The van der Waals surface area contributed by atoms with Crippen molar-refractivity contribution >= 4 is 0 Å². The van der Waals surface area contributed by atoms with E-state index in [4.69, 9.17) is 10.5 Å². The third-order valence-electron chi connectivity index (χ3n) is 3.27. The molecule has 2 aromatic carbocycles. The lowest BCUT2D eigenvalue weighted by atomic mass is 9.89. The predicted octanol–water partition coefficient (Wildman–Crippen LogP) is 3.14. The van der Waals surface area contributed by atoms with Gasteiger partial charge in [0.2, 0.25) is 0 Å². The van der Waals surface area contributed by atoms with Crippen molar-refractivity contribution in [2.75, 3.05) is 6.61 Å². The number of hydrogen-bond donors (Lipinski definition) is 1. The van der Waals surface area contributed by atoms with Gasteiger partial charge in [-0.05, 0) is 24.6 Å². The van der Waals surface area contributed by atoms with E-state index >= 15 is 0 Å². The Balaban J connectivity index is 1.98. The molecule has 0 fully saturated rings. The van der Waals surface area contributed by atoms with Gasteiger partial charge in [-0.3, -0.25) is 0 Å². The molecule has 2 aromatic rings. The molecule has 0 aromatic heterocycles. The first-order valence-corrected chi connectivity index (χ1v) is 6.59. The van der Waals surface area contributed by atoms with Gasteiger partial charge in [-0.2, -0.15) is 5.26 Å². The Kier molecular flexibility index (Phi) is 4.39. The molecule has 3 heteroatoms. The van der Waals surface area contributed by atoms with E-state index in [0.717, 1.165) is 11.3 Å². The van der Waals surface area contributed by atoms with Crippen molar-refractivity contribution < 1.29 is 4.74 Å². The first-order valence-electron chi connectivity index (χ1n) is 6.59. The summed E-state index contributed by atoms with van der Waals surface area (Å²) in [4.78, 5) is 0. The van der Waals surface area contributed by atoms with Crippen LogP contribution in [0.2, 0.25) is 0 Å². The highest BCUT2D eigenvalue weighted by Crippen LogP contribution is 2.22. The zero-order valence-electron chi connectivity index (χ0n) is 11.5. The van der Waals surface area contributed by atoms with Gasteiger partial charge in [0.1, 0.15) is 11.3 Å². The first-order chi connectivity index (χ1) is 9.64. The number of rotatable bonds is 5. The molecule has 0 aliphatic carbocycles. The second-order valence-electron chi connectivity index (χ2n) is 4.86. The molecule has 2 rings (SSSR count). The van der Waals surface area contributed by atoms with Gasteiger partial charge < -0.3 is 10.5 Å². The number of benzene rings is 2. The molecule has 0 amide bonds. The predicted molar refractivity (Wildman–Crippen MR) is 79.2 cm³/mol. The fourth-order valence-corrected chi connectivity index (χ4v) is 1.96. The fraction of sp³-hybridized carbons (Fsp3) is 0.235. The third kappa shape index (κ3) is 3.37. The number of nitrogens with two attached hydrogens (primary N) is 1. The summed E-state index contributed by atoms with van der Waals surface area (Å²) >= 11 is 0. The molecule has 0 bridgehead atoms. The molecule has 0 spiro atoms. The second-order valence-corrected chi connectivity index (χ2v) is 4.86. The minimum atomic E-state index is -1.01. The summed E-state index contributed by atoms with van der Waals surface area (Å²) in [7, 11) is 0. The first kappa shape index (κ1) is 14.1. The van der Waals surface area contributed by atoms with E-state index in [-0.39, 0.29) is 0 Å². The summed E-state index contributed by atoms with van der Waals surface area (Å²) in [5.41, 5.74) is 7.16. The largest absolute Gasteiger partial charge is 0.493 e. The minimum Gasteiger partial charge on any atom is -0.493 e. The quantitative estimate of drug-likeness (QED) is 0.904. The Morgan fingerprint density at radius 2 is 1.75 bits per heavy atom. The van der Waals surface area contributed by atoms with Crippen molar-refractivity contribution in [1.29, 1.82) is 5.26 Å². The molecule has 0 aliphatic heterocycles. The zero-order chi connectivity index (χ0) is 14.4. The normalized spacial score (nSPS) is 13.2. The van der Waals surface area contributed by atoms with E-state index in [9.17, 15) is 5.26 Å². The standard InChI is InChI=1S/C17H18N2O/c1-14-7-9-16(10-8-14)20-12-11-17(19,13-18)15-5-3-2-4-6-15/h2-10H,11-12,19H2,1H3. The molecule has 0 saturated heterocycles. The summed E-state index contributed by atoms with van der Waals surface area (Å²) in [5.74, 6) is 0.795. The smallest absolute Gasteiger partial charge is 0.133 e. The highest BCUT2D eigenvalue weighted by molar-refractivity contribution is 5.30. The molecule has 1 atom stereocenters. The van der Waals surface area contributed by atoms with Gasteiger partial charge in [0.15, 0.2) is 0 Å². The van der Waals surface area contributed by atoms with Crippen LogP contribution in [0.3, 0.4) is 0 Å². The summed E-state index contributed by atoms with van der Waals surface area (Å²) in [6.45, 7) is 2.43. The van der Waals surface area contributed by atoms with Crippen LogP contribution >= 0.6 is 0 Å². The van der Waals surface area contributed by atoms with Crippen LogP contribution in [0.1, 0.15) is 17.5 Å². The molecule has 0 radical (unpaired) electrons. The molecule has 0 heterocycles. The number of hydrogen-bond acceptors (Lipinski definition) is 3. The maximum absolute atomic E-state index is 9.34. The van der Waals surface area contributed by atoms with Crippen molar-refractivity contribution in [3.05, 3.63) is 65.7 Å².